The summed E-state index contributed by atoms with van der Waals surface area (Å²) < 4.78 is 4.87. The molecular formula is C10H16O3. The number of carbonyl (C=O) groups is 2. The van der Waals surface area contributed by atoms with Crippen molar-refractivity contribution in [3.63, 3.8) is 0 Å². The summed E-state index contributed by atoms with van der Waals surface area (Å²) in [6, 6.07) is 0. The molecule has 0 aromatic carbocycles. The Kier molecular flexibility index (Phi) is 3.93. The minimum atomic E-state index is -0.626. The third kappa shape index (κ3) is 4.06. The highest BCUT2D eigenvalue weighted by atomic mass is 16.6. The monoisotopic (exact) mass is 184 g/mol. The summed E-state index contributed by atoms with van der Waals surface area (Å²) in [6.45, 7) is 2.06. The van der Waals surface area contributed by atoms with Crippen molar-refractivity contribution in [1.29, 1.82) is 0 Å². The van der Waals surface area contributed by atoms with Gasteiger partial charge in [0.05, 0.1) is 0 Å². The van der Waals surface area contributed by atoms with Gasteiger partial charge in [0.15, 0.2) is 0 Å². The Bertz CT molecular complexity index is 194. The van der Waals surface area contributed by atoms with Crippen LogP contribution in [0.5, 0.6) is 0 Å². The molecule has 0 aliphatic heterocycles. The first-order chi connectivity index (χ1) is 6.24. The summed E-state index contributed by atoms with van der Waals surface area (Å²) in [5, 5.41) is 0. The average Bonchev–Trinajstić information content (AvgIpc) is 2.88. The molecule has 0 aromatic heterocycles. The Morgan fingerprint density at radius 3 is 2.54 bits per heavy atom. The van der Waals surface area contributed by atoms with E-state index in [9.17, 15) is 9.59 Å². The van der Waals surface area contributed by atoms with E-state index in [-0.39, 0.29) is 11.9 Å². The fraction of sp³-hybridized carbons (Fsp3) is 0.800. The molecule has 0 heterocycles. The van der Waals surface area contributed by atoms with Crippen molar-refractivity contribution in [2.75, 3.05) is 0 Å². The Hall–Kier alpha value is -0.860. The standard InChI is InChI=1S/C10H16O3/c1-2-3-4-5-9(11)10(12)13-8-6-7-8/h8H,2-7H2,1H3. The van der Waals surface area contributed by atoms with Gasteiger partial charge in [-0.2, -0.15) is 0 Å². The first-order valence-electron chi connectivity index (χ1n) is 4.98. The summed E-state index contributed by atoms with van der Waals surface area (Å²) in [6.07, 6.45) is 5.10. The number of ketones is 1. The average molecular weight is 184 g/mol. The molecule has 0 aromatic rings. The molecule has 0 amide bonds. The Balaban J connectivity index is 2.09. The summed E-state index contributed by atoms with van der Waals surface area (Å²) in [5.41, 5.74) is 0. The van der Waals surface area contributed by atoms with Crippen LogP contribution < -0.4 is 0 Å². The molecule has 0 radical (unpaired) electrons. The summed E-state index contributed by atoms with van der Waals surface area (Å²) in [5.74, 6) is -0.987. The lowest BCUT2D eigenvalue weighted by atomic mass is 10.1. The lowest BCUT2D eigenvalue weighted by Crippen LogP contribution is -2.18. The highest BCUT2D eigenvalue weighted by Gasteiger charge is 2.28. The molecule has 1 saturated carbocycles. The molecule has 0 unspecified atom stereocenters. The van der Waals surface area contributed by atoms with Crippen LogP contribution in [0.25, 0.3) is 0 Å². The van der Waals surface area contributed by atoms with Crippen molar-refractivity contribution in [3.05, 3.63) is 0 Å². The highest BCUT2D eigenvalue weighted by molar-refractivity contribution is 6.33. The fourth-order valence-corrected chi connectivity index (χ4v) is 1.04. The zero-order chi connectivity index (χ0) is 9.68. The van der Waals surface area contributed by atoms with Crippen molar-refractivity contribution in [3.8, 4) is 0 Å². The first kappa shape index (κ1) is 10.2. The molecule has 3 nitrogen and oxygen atoms in total. The van der Waals surface area contributed by atoms with Gasteiger partial charge in [-0.1, -0.05) is 19.8 Å². The second-order valence-electron chi connectivity index (χ2n) is 3.48. The van der Waals surface area contributed by atoms with Crippen LogP contribution in [0.2, 0.25) is 0 Å². The van der Waals surface area contributed by atoms with Crippen LogP contribution in [0, 0.1) is 0 Å². The number of Topliss-reactive ketones (excluding diaryl/α,β-unsaturated/α-hetero) is 1. The number of esters is 1. The molecule has 0 spiro atoms. The van der Waals surface area contributed by atoms with Crippen LogP contribution in [0.3, 0.4) is 0 Å². The fourth-order valence-electron chi connectivity index (χ4n) is 1.04. The predicted octanol–water partition coefficient (Wildman–Crippen LogP) is 1.84. The summed E-state index contributed by atoms with van der Waals surface area (Å²) in [4.78, 5) is 22.1. The zero-order valence-corrected chi connectivity index (χ0v) is 8.04. The van der Waals surface area contributed by atoms with E-state index in [0.29, 0.717) is 6.42 Å². The normalized spacial score (nSPS) is 15.5. The van der Waals surface area contributed by atoms with Gasteiger partial charge in [-0.3, -0.25) is 4.79 Å². The molecule has 13 heavy (non-hydrogen) atoms. The third-order valence-electron chi connectivity index (χ3n) is 2.03. The third-order valence-corrected chi connectivity index (χ3v) is 2.03. The SMILES string of the molecule is CCCCCC(=O)C(=O)OC1CC1. The largest absolute Gasteiger partial charge is 0.457 e. The summed E-state index contributed by atoms with van der Waals surface area (Å²) in [7, 11) is 0. The first-order valence-corrected chi connectivity index (χ1v) is 4.98. The van der Waals surface area contributed by atoms with Crippen molar-refractivity contribution in [2.24, 2.45) is 0 Å². The molecule has 3 heteroatoms. The quantitative estimate of drug-likeness (QED) is 0.359. The van der Waals surface area contributed by atoms with E-state index in [2.05, 4.69) is 6.92 Å². The highest BCUT2D eigenvalue weighted by Crippen LogP contribution is 2.23. The van der Waals surface area contributed by atoms with E-state index in [1.165, 1.54) is 0 Å². The van der Waals surface area contributed by atoms with Crippen LogP contribution in [0.15, 0.2) is 0 Å². The van der Waals surface area contributed by atoms with E-state index in [4.69, 9.17) is 4.74 Å². The van der Waals surface area contributed by atoms with Crippen molar-refractivity contribution in [2.45, 2.75) is 51.6 Å². The van der Waals surface area contributed by atoms with E-state index < -0.39 is 5.97 Å². The minimum Gasteiger partial charge on any atom is -0.457 e. The van der Waals surface area contributed by atoms with Gasteiger partial charge in [-0.25, -0.2) is 4.79 Å². The molecule has 0 saturated heterocycles. The Morgan fingerprint density at radius 2 is 2.00 bits per heavy atom. The van der Waals surface area contributed by atoms with Gasteiger partial charge in [0, 0.05) is 6.42 Å². The van der Waals surface area contributed by atoms with E-state index >= 15 is 0 Å². The lowest BCUT2D eigenvalue weighted by Gasteiger charge is -2.00. The maximum Gasteiger partial charge on any atom is 0.374 e. The van der Waals surface area contributed by atoms with Crippen LogP contribution in [-0.4, -0.2) is 17.9 Å². The van der Waals surface area contributed by atoms with Gasteiger partial charge in [0.2, 0.25) is 5.78 Å². The molecule has 1 rings (SSSR count). The van der Waals surface area contributed by atoms with Gasteiger partial charge in [0.1, 0.15) is 6.10 Å². The predicted molar refractivity (Wildman–Crippen MR) is 48.3 cm³/mol. The maximum absolute atomic E-state index is 11.1. The number of hydrogen-bond acceptors (Lipinski definition) is 3. The van der Waals surface area contributed by atoms with Crippen LogP contribution in [-0.2, 0) is 14.3 Å². The number of unbranched alkanes of at least 4 members (excludes halogenated alkanes) is 2. The number of rotatable bonds is 6. The lowest BCUT2D eigenvalue weighted by molar-refractivity contribution is -0.154. The van der Waals surface area contributed by atoms with Gasteiger partial charge < -0.3 is 4.74 Å². The zero-order valence-electron chi connectivity index (χ0n) is 8.04. The smallest absolute Gasteiger partial charge is 0.374 e. The topological polar surface area (TPSA) is 43.4 Å². The van der Waals surface area contributed by atoms with E-state index in [1.807, 2.05) is 0 Å². The Morgan fingerprint density at radius 1 is 1.31 bits per heavy atom. The molecule has 1 fully saturated rings. The van der Waals surface area contributed by atoms with Gasteiger partial charge >= 0.3 is 5.97 Å². The van der Waals surface area contributed by atoms with Crippen LogP contribution in [0.4, 0.5) is 0 Å². The second kappa shape index (κ2) is 5.00. The van der Waals surface area contributed by atoms with Crippen molar-refractivity contribution < 1.29 is 14.3 Å². The minimum absolute atomic E-state index is 0.0441. The molecule has 0 bridgehead atoms. The number of carbonyl (C=O) groups excluding carboxylic acids is 2. The molecule has 1 aliphatic rings. The summed E-state index contributed by atoms with van der Waals surface area (Å²) >= 11 is 0. The molecule has 1 aliphatic carbocycles. The molecule has 0 atom stereocenters. The molecule has 0 N–H and O–H groups in total. The van der Waals surface area contributed by atoms with E-state index in [0.717, 1.165) is 32.1 Å². The number of ether oxygens (including phenoxy) is 1. The van der Waals surface area contributed by atoms with Gasteiger partial charge in [-0.15, -0.1) is 0 Å². The van der Waals surface area contributed by atoms with Crippen LogP contribution >= 0.6 is 0 Å². The number of hydrogen-bond donors (Lipinski definition) is 0. The Labute approximate surface area is 78.5 Å². The second-order valence-corrected chi connectivity index (χ2v) is 3.48. The van der Waals surface area contributed by atoms with Gasteiger partial charge in [0.25, 0.3) is 0 Å². The van der Waals surface area contributed by atoms with Crippen molar-refractivity contribution in [1.82, 2.24) is 0 Å². The molecular weight excluding hydrogens is 168 g/mol. The van der Waals surface area contributed by atoms with Crippen molar-refractivity contribution >= 4 is 11.8 Å². The van der Waals surface area contributed by atoms with Gasteiger partial charge in [-0.05, 0) is 19.3 Å². The molecule has 74 valence electrons. The van der Waals surface area contributed by atoms with Crippen LogP contribution in [0.1, 0.15) is 45.4 Å². The van der Waals surface area contributed by atoms with E-state index in [1.54, 1.807) is 0 Å². The maximum atomic E-state index is 11.1.